The smallest absolute Gasteiger partial charge is 0.252 e. The van der Waals surface area contributed by atoms with Crippen molar-refractivity contribution < 1.29 is 0 Å². The number of halogens is 1. The fourth-order valence-electron chi connectivity index (χ4n) is 3.42. The number of hydrogen-bond donors (Lipinski definition) is 2. The highest BCUT2D eigenvalue weighted by Crippen LogP contribution is 2.26. The van der Waals surface area contributed by atoms with Gasteiger partial charge in [0.05, 0.1) is 5.69 Å². The number of H-pyrrole nitrogens is 1. The van der Waals surface area contributed by atoms with Gasteiger partial charge in [0.25, 0.3) is 5.56 Å². The Hall–Kier alpha value is -3.61. The minimum Gasteiger partial charge on any atom is -0.324 e. The van der Waals surface area contributed by atoms with E-state index in [1.807, 2.05) is 84.9 Å². The molecule has 5 aromatic rings. The van der Waals surface area contributed by atoms with Crippen LogP contribution in [0.4, 0.5) is 11.6 Å². The summed E-state index contributed by atoms with van der Waals surface area (Å²) in [6.07, 6.45) is 1.73. The van der Waals surface area contributed by atoms with Crippen molar-refractivity contribution in [2.75, 3.05) is 5.32 Å². The first-order valence-corrected chi connectivity index (χ1v) is 11.7. The lowest BCUT2D eigenvalue weighted by atomic mass is 10.1. The van der Waals surface area contributed by atoms with Crippen LogP contribution in [0.1, 0.15) is 5.56 Å². The Morgan fingerprint density at radius 2 is 1.73 bits per heavy atom. The maximum atomic E-state index is 12.4. The average molecular weight is 471 g/mol. The van der Waals surface area contributed by atoms with Crippen molar-refractivity contribution in [3.05, 3.63) is 112 Å². The SMILES string of the molecule is O=c1[nH]c2ccccc2cc1CSc1ccc(Nc2nccc(-c3ccc(Cl)cc3)n2)cc1. The predicted molar refractivity (Wildman–Crippen MR) is 136 cm³/mol. The highest BCUT2D eigenvalue weighted by Gasteiger charge is 2.06. The molecule has 33 heavy (non-hydrogen) atoms. The lowest BCUT2D eigenvalue weighted by Crippen LogP contribution is -2.11. The van der Waals surface area contributed by atoms with E-state index in [0.717, 1.165) is 38.3 Å². The van der Waals surface area contributed by atoms with Crippen LogP contribution in [0.2, 0.25) is 5.02 Å². The zero-order chi connectivity index (χ0) is 22.6. The molecule has 0 aliphatic carbocycles. The Kier molecular flexibility index (Phi) is 6.11. The average Bonchev–Trinajstić information content (AvgIpc) is 2.84. The molecule has 5 nitrogen and oxygen atoms in total. The summed E-state index contributed by atoms with van der Waals surface area (Å²) in [4.78, 5) is 25.3. The van der Waals surface area contributed by atoms with E-state index in [9.17, 15) is 4.79 Å². The van der Waals surface area contributed by atoms with Gasteiger partial charge in [0, 0.05) is 44.2 Å². The Labute approximate surface area is 199 Å². The summed E-state index contributed by atoms with van der Waals surface area (Å²) in [7, 11) is 0. The van der Waals surface area contributed by atoms with Gasteiger partial charge in [-0.2, -0.15) is 0 Å². The molecule has 0 fully saturated rings. The van der Waals surface area contributed by atoms with E-state index in [0.29, 0.717) is 16.7 Å². The van der Waals surface area contributed by atoms with E-state index in [1.165, 1.54) is 0 Å². The van der Waals surface area contributed by atoms with E-state index in [4.69, 9.17) is 11.6 Å². The Morgan fingerprint density at radius 3 is 2.55 bits per heavy atom. The van der Waals surface area contributed by atoms with Crippen molar-refractivity contribution in [3.8, 4) is 11.3 Å². The van der Waals surface area contributed by atoms with Crippen molar-refractivity contribution in [2.45, 2.75) is 10.6 Å². The normalized spacial score (nSPS) is 10.9. The van der Waals surface area contributed by atoms with E-state index < -0.39 is 0 Å². The molecule has 2 heterocycles. The van der Waals surface area contributed by atoms with Crippen molar-refractivity contribution >= 4 is 45.9 Å². The molecule has 0 aliphatic rings. The Bertz CT molecular complexity index is 1470. The van der Waals surface area contributed by atoms with E-state index in [-0.39, 0.29) is 5.56 Å². The summed E-state index contributed by atoms with van der Waals surface area (Å²) in [6, 6.07) is 27.2. The number of para-hydroxylation sites is 1. The van der Waals surface area contributed by atoms with Crippen LogP contribution >= 0.6 is 23.4 Å². The zero-order valence-electron chi connectivity index (χ0n) is 17.5. The Morgan fingerprint density at radius 1 is 0.939 bits per heavy atom. The Balaban J connectivity index is 1.26. The number of fused-ring (bicyclic) bond motifs is 1. The monoisotopic (exact) mass is 470 g/mol. The van der Waals surface area contributed by atoms with Gasteiger partial charge in [-0.15, -0.1) is 11.8 Å². The highest BCUT2D eigenvalue weighted by molar-refractivity contribution is 7.98. The number of aromatic nitrogens is 3. The first kappa shape index (κ1) is 21.2. The van der Waals surface area contributed by atoms with Gasteiger partial charge in [0.2, 0.25) is 5.95 Å². The number of nitrogens with zero attached hydrogens (tertiary/aromatic N) is 2. The molecule has 2 N–H and O–H groups in total. The second-order valence-electron chi connectivity index (χ2n) is 7.42. The third-order valence-electron chi connectivity index (χ3n) is 5.13. The van der Waals surface area contributed by atoms with Gasteiger partial charge in [0.1, 0.15) is 0 Å². The van der Waals surface area contributed by atoms with Gasteiger partial charge in [0.15, 0.2) is 0 Å². The molecule has 5 rings (SSSR count). The van der Waals surface area contributed by atoms with Crippen LogP contribution in [0.5, 0.6) is 0 Å². The van der Waals surface area contributed by atoms with E-state index in [1.54, 1.807) is 18.0 Å². The molecule has 162 valence electrons. The zero-order valence-corrected chi connectivity index (χ0v) is 19.0. The second kappa shape index (κ2) is 9.48. The van der Waals surface area contributed by atoms with Crippen molar-refractivity contribution in [2.24, 2.45) is 0 Å². The molecule has 0 atom stereocenters. The number of hydrogen-bond acceptors (Lipinski definition) is 5. The summed E-state index contributed by atoms with van der Waals surface area (Å²) in [5.74, 6) is 1.12. The third-order valence-corrected chi connectivity index (χ3v) is 6.44. The summed E-state index contributed by atoms with van der Waals surface area (Å²) in [5.41, 5.74) is 4.24. The van der Waals surface area contributed by atoms with Gasteiger partial charge in [-0.1, -0.05) is 41.9 Å². The molecular weight excluding hydrogens is 452 g/mol. The van der Waals surface area contributed by atoms with Crippen LogP contribution in [0.3, 0.4) is 0 Å². The van der Waals surface area contributed by atoms with Crippen molar-refractivity contribution in [1.82, 2.24) is 15.0 Å². The number of benzene rings is 3. The minimum absolute atomic E-state index is 0.0443. The molecular formula is C26H19ClN4OS. The van der Waals surface area contributed by atoms with Crippen molar-refractivity contribution in [1.29, 1.82) is 0 Å². The lowest BCUT2D eigenvalue weighted by Gasteiger charge is -2.08. The molecule has 7 heteroatoms. The molecule has 0 unspecified atom stereocenters. The number of anilines is 2. The van der Waals surface area contributed by atoms with E-state index in [2.05, 4.69) is 20.3 Å². The number of thioether (sulfide) groups is 1. The van der Waals surface area contributed by atoms with Crippen LogP contribution in [-0.2, 0) is 5.75 Å². The van der Waals surface area contributed by atoms with Crippen LogP contribution in [0, 0.1) is 0 Å². The summed E-state index contributed by atoms with van der Waals surface area (Å²) >= 11 is 7.60. The molecule has 0 amide bonds. The van der Waals surface area contributed by atoms with Crippen LogP contribution in [0.15, 0.2) is 101 Å². The fourth-order valence-corrected chi connectivity index (χ4v) is 4.42. The quantitative estimate of drug-likeness (QED) is 0.271. The number of pyridine rings is 1. The number of aromatic amines is 1. The predicted octanol–water partition coefficient (Wildman–Crippen LogP) is 6.67. The molecule has 3 aromatic carbocycles. The summed E-state index contributed by atoms with van der Waals surface area (Å²) < 4.78 is 0. The van der Waals surface area contributed by atoms with Gasteiger partial charge in [-0.3, -0.25) is 4.79 Å². The maximum Gasteiger partial charge on any atom is 0.252 e. The topological polar surface area (TPSA) is 70.7 Å². The van der Waals surface area contributed by atoms with Gasteiger partial charge in [-0.05, 0) is 60.0 Å². The highest BCUT2D eigenvalue weighted by atomic mass is 35.5. The second-order valence-corrected chi connectivity index (χ2v) is 8.91. The standard InChI is InChI=1S/C26H19ClN4OS/c27-20-7-5-17(6-8-20)24-13-14-28-26(31-24)29-21-9-11-22(12-10-21)33-16-19-15-18-3-1-2-4-23(18)30-25(19)32/h1-15H,16H2,(H,30,32)(H,28,29,31). The molecule has 2 aromatic heterocycles. The van der Waals surface area contributed by atoms with E-state index >= 15 is 0 Å². The minimum atomic E-state index is -0.0443. The van der Waals surface area contributed by atoms with Gasteiger partial charge >= 0.3 is 0 Å². The summed E-state index contributed by atoms with van der Waals surface area (Å²) in [5, 5.41) is 4.97. The van der Waals surface area contributed by atoms with Gasteiger partial charge in [-0.25, -0.2) is 9.97 Å². The first-order chi connectivity index (χ1) is 16.1. The fraction of sp³-hybridized carbons (Fsp3) is 0.0385. The van der Waals surface area contributed by atoms with Gasteiger partial charge < -0.3 is 10.3 Å². The third kappa shape index (κ3) is 5.08. The molecule has 0 saturated heterocycles. The van der Waals surface area contributed by atoms with Crippen LogP contribution in [-0.4, -0.2) is 15.0 Å². The molecule has 0 spiro atoms. The van der Waals surface area contributed by atoms with Crippen LogP contribution in [0.25, 0.3) is 22.2 Å². The number of nitrogens with one attached hydrogen (secondary N) is 2. The van der Waals surface area contributed by atoms with Crippen molar-refractivity contribution in [3.63, 3.8) is 0 Å². The van der Waals surface area contributed by atoms with Crippen LogP contribution < -0.4 is 10.9 Å². The number of rotatable bonds is 6. The summed E-state index contributed by atoms with van der Waals surface area (Å²) in [6.45, 7) is 0. The molecule has 0 saturated carbocycles. The first-order valence-electron chi connectivity index (χ1n) is 10.3. The molecule has 0 aliphatic heterocycles. The molecule has 0 bridgehead atoms. The lowest BCUT2D eigenvalue weighted by molar-refractivity contribution is 1.17. The largest absolute Gasteiger partial charge is 0.324 e. The maximum absolute atomic E-state index is 12.4. The molecule has 0 radical (unpaired) electrons.